The fourth-order valence-corrected chi connectivity index (χ4v) is 3.85. The molecular formula is C28H29N5O3. The smallest absolute Gasteiger partial charge is 0.262 e. The molecule has 1 amide bonds. The van der Waals surface area contributed by atoms with E-state index >= 15 is 0 Å². The molecule has 1 aliphatic heterocycles. The van der Waals surface area contributed by atoms with Gasteiger partial charge in [-0.3, -0.25) is 9.69 Å². The molecule has 1 N–H and O–H groups in total. The highest BCUT2D eigenvalue weighted by atomic mass is 16.5. The molecule has 3 aromatic rings. The molecule has 0 spiro atoms. The molecule has 1 saturated heterocycles. The van der Waals surface area contributed by atoms with Crippen molar-refractivity contribution >= 4 is 12.0 Å². The minimum atomic E-state index is -0.405. The second-order valence-corrected chi connectivity index (χ2v) is 8.22. The number of nitrogens with zero attached hydrogens (tertiary/aromatic N) is 4. The van der Waals surface area contributed by atoms with Crippen molar-refractivity contribution in [1.29, 1.82) is 5.26 Å². The third-order valence-corrected chi connectivity index (χ3v) is 5.74. The number of amides is 1. The predicted molar refractivity (Wildman–Crippen MR) is 139 cm³/mol. The van der Waals surface area contributed by atoms with Gasteiger partial charge in [-0.15, -0.1) is 0 Å². The van der Waals surface area contributed by atoms with Crippen molar-refractivity contribution in [2.45, 2.75) is 0 Å². The predicted octanol–water partition coefficient (Wildman–Crippen LogP) is 3.46. The maximum atomic E-state index is 12.8. The minimum absolute atomic E-state index is 0.0248. The topological polar surface area (TPSA) is 92.4 Å². The molecule has 1 fully saturated rings. The molecule has 4 rings (SSSR count). The summed E-state index contributed by atoms with van der Waals surface area (Å²) in [7, 11) is 0. The lowest BCUT2D eigenvalue weighted by atomic mass is 10.1. The van der Waals surface area contributed by atoms with Crippen molar-refractivity contribution < 1.29 is 14.3 Å². The Balaban J connectivity index is 1.58. The number of hydrogen-bond donors (Lipinski definition) is 1. The first-order valence-electron chi connectivity index (χ1n) is 11.9. The number of ether oxygens (including phenoxy) is 2. The molecule has 0 unspecified atom stereocenters. The van der Waals surface area contributed by atoms with Gasteiger partial charge in [0, 0.05) is 43.5 Å². The van der Waals surface area contributed by atoms with Crippen LogP contribution in [0.3, 0.4) is 0 Å². The minimum Gasteiger partial charge on any atom is -0.490 e. The van der Waals surface area contributed by atoms with Crippen molar-refractivity contribution in [3.8, 4) is 28.8 Å². The van der Waals surface area contributed by atoms with Crippen LogP contribution in [0, 0.1) is 11.3 Å². The quantitative estimate of drug-likeness (QED) is 0.270. The van der Waals surface area contributed by atoms with Crippen LogP contribution in [-0.4, -0.2) is 66.6 Å². The Morgan fingerprint density at radius 1 is 1.17 bits per heavy atom. The first kappa shape index (κ1) is 24.9. The van der Waals surface area contributed by atoms with Crippen LogP contribution in [-0.2, 0) is 9.53 Å². The summed E-state index contributed by atoms with van der Waals surface area (Å²) >= 11 is 0. The largest absolute Gasteiger partial charge is 0.490 e. The Bertz CT molecular complexity index is 1240. The highest BCUT2D eigenvalue weighted by molar-refractivity contribution is 6.02. The molecule has 2 aromatic carbocycles. The van der Waals surface area contributed by atoms with Crippen molar-refractivity contribution in [3.63, 3.8) is 0 Å². The molecule has 0 aliphatic carbocycles. The average Bonchev–Trinajstić information content (AvgIpc) is 3.35. The molecule has 0 atom stereocenters. The third-order valence-electron chi connectivity index (χ3n) is 5.74. The van der Waals surface area contributed by atoms with Crippen LogP contribution in [0.2, 0.25) is 0 Å². The monoisotopic (exact) mass is 483 g/mol. The number of morpholine rings is 1. The summed E-state index contributed by atoms with van der Waals surface area (Å²) < 4.78 is 12.7. The normalized spacial score (nSPS) is 14.1. The van der Waals surface area contributed by atoms with Crippen molar-refractivity contribution in [2.75, 3.05) is 46.0 Å². The fraction of sp³-hybridized carbons (Fsp3) is 0.250. The van der Waals surface area contributed by atoms with Gasteiger partial charge < -0.3 is 14.8 Å². The Labute approximate surface area is 211 Å². The average molecular weight is 484 g/mol. The van der Waals surface area contributed by atoms with Gasteiger partial charge in [-0.2, -0.15) is 10.4 Å². The van der Waals surface area contributed by atoms with Gasteiger partial charge in [-0.25, -0.2) is 4.68 Å². The summed E-state index contributed by atoms with van der Waals surface area (Å²) in [4.78, 5) is 15.0. The molecule has 36 heavy (non-hydrogen) atoms. The lowest BCUT2D eigenvalue weighted by Crippen LogP contribution is -2.41. The van der Waals surface area contributed by atoms with Gasteiger partial charge in [0.25, 0.3) is 5.91 Å². The second-order valence-electron chi connectivity index (χ2n) is 8.22. The molecule has 0 saturated carbocycles. The maximum absolute atomic E-state index is 12.8. The van der Waals surface area contributed by atoms with Crippen LogP contribution < -0.4 is 10.1 Å². The Morgan fingerprint density at radius 2 is 1.92 bits per heavy atom. The molecule has 1 aliphatic rings. The summed E-state index contributed by atoms with van der Waals surface area (Å²) in [6.07, 6.45) is 5.10. The van der Waals surface area contributed by atoms with Crippen LogP contribution in [0.15, 0.2) is 79.0 Å². The zero-order chi connectivity index (χ0) is 25.2. The van der Waals surface area contributed by atoms with E-state index in [2.05, 4.69) is 16.8 Å². The molecule has 1 aromatic heterocycles. The number of para-hydroxylation sites is 1. The molecule has 0 bridgehead atoms. The van der Waals surface area contributed by atoms with Gasteiger partial charge in [0.05, 0.1) is 24.6 Å². The zero-order valence-corrected chi connectivity index (χ0v) is 20.1. The molecular weight excluding hydrogens is 454 g/mol. The van der Waals surface area contributed by atoms with Gasteiger partial charge in [0.2, 0.25) is 0 Å². The second kappa shape index (κ2) is 12.5. The number of carbonyl (C=O) groups is 1. The van der Waals surface area contributed by atoms with E-state index in [4.69, 9.17) is 14.6 Å². The van der Waals surface area contributed by atoms with E-state index in [1.807, 2.05) is 66.9 Å². The maximum Gasteiger partial charge on any atom is 0.262 e. The first-order chi connectivity index (χ1) is 17.7. The van der Waals surface area contributed by atoms with E-state index in [0.29, 0.717) is 44.2 Å². The summed E-state index contributed by atoms with van der Waals surface area (Å²) in [5.41, 5.74) is 3.06. The molecule has 0 radical (unpaired) electrons. The number of aromatic nitrogens is 2. The lowest BCUT2D eigenvalue weighted by Gasteiger charge is -2.26. The standard InChI is InChI=1S/C28H29N5O3/c1-2-16-36-26-10-8-22(9-11-26)27-24(21-33(31-27)25-6-4-3-5-7-25)19-23(20-29)28(34)30-12-13-32-14-17-35-18-15-32/h2-11,19,21H,1,12-18H2,(H,30,34). The molecule has 184 valence electrons. The Morgan fingerprint density at radius 3 is 2.61 bits per heavy atom. The van der Waals surface area contributed by atoms with Crippen molar-refractivity contribution in [3.05, 3.63) is 84.6 Å². The number of nitrogens with one attached hydrogen (secondary N) is 1. The molecule has 2 heterocycles. The number of rotatable bonds is 10. The van der Waals surface area contributed by atoms with Crippen LogP contribution in [0.5, 0.6) is 5.75 Å². The number of nitriles is 1. The van der Waals surface area contributed by atoms with Gasteiger partial charge in [0.1, 0.15) is 24.0 Å². The number of carbonyl (C=O) groups excluding carboxylic acids is 1. The van der Waals surface area contributed by atoms with Crippen LogP contribution in [0.1, 0.15) is 5.56 Å². The zero-order valence-electron chi connectivity index (χ0n) is 20.1. The molecule has 8 heteroatoms. The van der Waals surface area contributed by atoms with Crippen LogP contribution in [0.4, 0.5) is 0 Å². The van der Waals surface area contributed by atoms with E-state index in [0.717, 1.165) is 30.1 Å². The van der Waals surface area contributed by atoms with Crippen LogP contribution >= 0.6 is 0 Å². The highest BCUT2D eigenvalue weighted by Crippen LogP contribution is 2.27. The van der Waals surface area contributed by atoms with Crippen molar-refractivity contribution in [2.24, 2.45) is 0 Å². The van der Waals surface area contributed by atoms with Crippen molar-refractivity contribution in [1.82, 2.24) is 20.0 Å². The highest BCUT2D eigenvalue weighted by Gasteiger charge is 2.16. The summed E-state index contributed by atoms with van der Waals surface area (Å²) in [5.74, 6) is 0.313. The summed E-state index contributed by atoms with van der Waals surface area (Å²) in [6.45, 7) is 8.35. The lowest BCUT2D eigenvalue weighted by molar-refractivity contribution is -0.117. The van der Waals surface area contributed by atoms with E-state index in [1.165, 1.54) is 0 Å². The van der Waals surface area contributed by atoms with Gasteiger partial charge in [0.15, 0.2) is 0 Å². The van der Waals surface area contributed by atoms with E-state index in [9.17, 15) is 10.1 Å². The first-order valence-corrected chi connectivity index (χ1v) is 11.9. The third kappa shape index (κ3) is 6.48. The fourth-order valence-electron chi connectivity index (χ4n) is 3.85. The summed E-state index contributed by atoms with van der Waals surface area (Å²) in [6, 6.07) is 19.3. The van der Waals surface area contributed by atoms with Gasteiger partial charge in [-0.1, -0.05) is 30.9 Å². The number of benzene rings is 2. The van der Waals surface area contributed by atoms with Crippen LogP contribution in [0.25, 0.3) is 23.0 Å². The van der Waals surface area contributed by atoms with Gasteiger partial charge >= 0.3 is 0 Å². The van der Waals surface area contributed by atoms with E-state index < -0.39 is 5.91 Å². The Hall–Kier alpha value is -4.19. The Kier molecular flexibility index (Phi) is 8.65. The number of hydrogen-bond acceptors (Lipinski definition) is 6. The van der Waals surface area contributed by atoms with Gasteiger partial charge in [-0.05, 0) is 42.5 Å². The van der Waals surface area contributed by atoms with E-state index in [1.54, 1.807) is 16.8 Å². The summed E-state index contributed by atoms with van der Waals surface area (Å²) in [5, 5.41) is 17.4. The SMILES string of the molecule is C=CCOc1ccc(-c2nn(-c3ccccc3)cc2C=C(C#N)C(=O)NCCN2CCOCC2)cc1. The van der Waals surface area contributed by atoms with E-state index in [-0.39, 0.29) is 5.57 Å². The molecule has 8 nitrogen and oxygen atoms in total.